The third-order valence-corrected chi connectivity index (χ3v) is 3.90. The maximum Gasteiger partial charge on any atom is 0.573 e. The summed E-state index contributed by atoms with van der Waals surface area (Å²) in [6.45, 7) is 0.648. The van der Waals surface area contributed by atoms with E-state index in [1.807, 2.05) is 35.3 Å². The van der Waals surface area contributed by atoms with Crippen LogP contribution in [0, 0.1) is 0 Å². The number of hydrogen-bond donors (Lipinski definition) is 0. The van der Waals surface area contributed by atoms with E-state index >= 15 is 0 Å². The molecule has 0 bridgehead atoms. The van der Waals surface area contributed by atoms with E-state index in [4.69, 9.17) is 0 Å². The number of para-hydroxylation sites is 1. The van der Waals surface area contributed by atoms with Gasteiger partial charge in [0.1, 0.15) is 5.75 Å². The van der Waals surface area contributed by atoms with Crippen molar-refractivity contribution in [2.75, 3.05) is 11.4 Å². The highest BCUT2D eigenvalue weighted by atomic mass is 79.9. The maximum atomic E-state index is 12.2. The summed E-state index contributed by atoms with van der Waals surface area (Å²) >= 11 is 3.52. The maximum absolute atomic E-state index is 12.2. The Balaban J connectivity index is 1.92. The van der Waals surface area contributed by atoms with Crippen molar-refractivity contribution in [1.29, 1.82) is 0 Å². The molecular formula is C16H11BrF3NO. The molecule has 0 saturated heterocycles. The summed E-state index contributed by atoms with van der Waals surface area (Å²) in [5.74, 6) is -0.226. The smallest absolute Gasteiger partial charge is 0.406 e. The summed E-state index contributed by atoms with van der Waals surface area (Å²) in [6, 6.07) is 11.7. The third kappa shape index (κ3) is 3.11. The second-order valence-electron chi connectivity index (χ2n) is 4.73. The second kappa shape index (κ2) is 5.68. The summed E-state index contributed by atoms with van der Waals surface area (Å²) in [5, 5.41) is 0. The molecule has 1 heterocycles. The minimum absolute atomic E-state index is 0.226. The molecule has 22 heavy (non-hydrogen) atoms. The number of anilines is 2. The van der Waals surface area contributed by atoms with Gasteiger partial charge in [-0.25, -0.2) is 0 Å². The van der Waals surface area contributed by atoms with Crippen LogP contribution in [0.5, 0.6) is 5.75 Å². The fourth-order valence-electron chi connectivity index (χ4n) is 2.39. The van der Waals surface area contributed by atoms with Gasteiger partial charge in [-0.2, -0.15) is 0 Å². The zero-order valence-corrected chi connectivity index (χ0v) is 12.9. The minimum atomic E-state index is -4.68. The van der Waals surface area contributed by atoms with E-state index in [1.54, 1.807) is 12.1 Å². The van der Waals surface area contributed by atoms with E-state index < -0.39 is 6.36 Å². The average Bonchev–Trinajstić information content (AvgIpc) is 2.46. The minimum Gasteiger partial charge on any atom is -0.406 e. The fourth-order valence-corrected chi connectivity index (χ4v) is 2.99. The van der Waals surface area contributed by atoms with Crippen molar-refractivity contribution in [2.45, 2.75) is 6.36 Å². The zero-order valence-electron chi connectivity index (χ0n) is 11.3. The number of rotatable bonds is 2. The van der Waals surface area contributed by atoms with Gasteiger partial charge in [-0.15, -0.1) is 13.2 Å². The van der Waals surface area contributed by atoms with Crippen LogP contribution in [0.3, 0.4) is 0 Å². The first-order valence-electron chi connectivity index (χ1n) is 6.52. The van der Waals surface area contributed by atoms with E-state index in [-0.39, 0.29) is 5.75 Å². The molecule has 0 aromatic heterocycles. The van der Waals surface area contributed by atoms with Crippen molar-refractivity contribution in [2.24, 2.45) is 0 Å². The van der Waals surface area contributed by atoms with Crippen LogP contribution in [-0.4, -0.2) is 12.9 Å². The normalized spacial score (nSPS) is 13.9. The highest BCUT2D eigenvalue weighted by Gasteiger charge is 2.31. The van der Waals surface area contributed by atoms with E-state index in [0.717, 1.165) is 21.4 Å². The van der Waals surface area contributed by atoms with Crippen molar-refractivity contribution in [3.8, 4) is 5.75 Å². The number of alkyl halides is 3. The van der Waals surface area contributed by atoms with Gasteiger partial charge in [0, 0.05) is 16.7 Å². The van der Waals surface area contributed by atoms with Crippen LogP contribution in [-0.2, 0) is 0 Å². The first kappa shape index (κ1) is 15.0. The molecule has 0 spiro atoms. The van der Waals surface area contributed by atoms with Gasteiger partial charge in [-0.1, -0.05) is 24.3 Å². The predicted octanol–water partition coefficient (Wildman–Crippen LogP) is 5.51. The molecule has 6 heteroatoms. The van der Waals surface area contributed by atoms with Gasteiger partial charge < -0.3 is 9.64 Å². The Morgan fingerprint density at radius 1 is 1.05 bits per heavy atom. The molecule has 0 amide bonds. The summed E-state index contributed by atoms with van der Waals surface area (Å²) in [5.41, 5.74) is 2.85. The van der Waals surface area contributed by atoms with Crippen molar-refractivity contribution < 1.29 is 17.9 Å². The van der Waals surface area contributed by atoms with E-state index in [2.05, 4.69) is 20.7 Å². The quantitative estimate of drug-likeness (QED) is 0.691. The van der Waals surface area contributed by atoms with Gasteiger partial charge in [-0.3, -0.25) is 0 Å². The Morgan fingerprint density at radius 2 is 1.77 bits per heavy atom. The fraction of sp³-hybridized carbons (Fsp3) is 0.125. The van der Waals surface area contributed by atoms with E-state index in [0.29, 0.717) is 6.54 Å². The largest absolute Gasteiger partial charge is 0.573 e. The van der Waals surface area contributed by atoms with Gasteiger partial charge in [0.2, 0.25) is 0 Å². The molecule has 1 aliphatic heterocycles. The monoisotopic (exact) mass is 369 g/mol. The van der Waals surface area contributed by atoms with Crippen LogP contribution in [0.4, 0.5) is 24.5 Å². The second-order valence-corrected chi connectivity index (χ2v) is 5.59. The Kier molecular flexibility index (Phi) is 3.87. The average molecular weight is 370 g/mol. The lowest BCUT2D eigenvalue weighted by Crippen LogP contribution is -2.21. The number of halogens is 4. The molecule has 0 aliphatic carbocycles. The van der Waals surface area contributed by atoms with Gasteiger partial charge >= 0.3 is 6.36 Å². The first-order chi connectivity index (χ1) is 10.4. The number of benzene rings is 2. The molecule has 0 radical (unpaired) electrons. The van der Waals surface area contributed by atoms with Crippen LogP contribution in [0.25, 0.3) is 6.08 Å². The third-order valence-electron chi connectivity index (χ3n) is 3.26. The van der Waals surface area contributed by atoms with Crippen LogP contribution in [0.1, 0.15) is 5.56 Å². The molecule has 0 N–H and O–H groups in total. The Hall–Kier alpha value is -1.95. The van der Waals surface area contributed by atoms with E-state index in [1.165, 1.54) is 12.1 Å². The van der Waals surface area contributed by atoms with E-state index in [9.17, 15) is 13.2 Å². The lowest BCUT2D eigenvalue weighted by Gasteiger charge is -2.29. The van der Waals surface area contributed by atoms with Gasteiger partial charge in [-0.05, 0) is 51.8 Å². The molecule has 0 atom stereocenters. The summed E-state index contributed by atoms with van der Waals surface area (Å²) < 4.78 is 41.4. The number of ether oxygens (including phenoxy) is 1. The SMILES string of the molecule is FC(F)(F)Oc1ccc(N2CC=Cc3cccc(Br)c32)cc1. The Morgan fingerprint density at radius 3 is 2.45 bits per heavy atom. The lowest BCUT2D eigenvalue weighted by atomic mass is 10.1. The molecule has 0 fully saturated rings. The zero-order chi connectivity index (χ0) is 15.7. The summed E-state index contributed by atoms with van der Waals surface area (Å²) in [7, 11) is 0. The van der Waals surface area contributed by atoms with Gasteiger partial charge in [0.25, 0.3) is 0 Å². The summed E-state index contributed by atoms with van der Waals surface area (Å²) in [6.07, 6.45) is -0.641. The van der Waals surface area contributed by atoms with Crippen molar-refractivity contribution >= 4 is 33.4 Å². The topological polar surface area (TPSA) is 12.5 Å². The highest BCUT2D eigenvalue weighted by molar-refractivity contribution is 9.10. The molecule has 2 aromatic carbocycles. The molecule has 3 rings (SSSR count). The van der Waals surface area contributed by atoms with Crippen LogP contribution < -0.4 is 9.64 Å². The van der Waals surface area contributed by atoms with Gasteiger partial charge in [0.15, 0.2) is 0 Å². The molecule has 114 valence electrons. The Labute approximate surface area is 133 Å². The highest BCUT2D eigenvalue weighted by Crippen LogP contribution is 2.38. The molecule has 0 saturated carbocycles. The standard InChI is InChI=1S/C16H11BrF3NO/c17-14-5-1-3-11-4-2-10-21(15(11)14)12-6-8-13(9-7-12)22-16(18,19)20/h1-9H,10H2. The van der Waals surface area contributed by atoms with Crippen LogP contribution in [0.15, 0.2) is 53.0 Å². The van der Waals surface area contributed by atoms with Crippen molar-refractivity contribution in [3.63, 3.8) is 0 Å². The number of hydrogen-bond acceptors (Lipinski definition) is 2. The first-order valence-corrected chi connectivity index (χ1v) is 7.32. The van der Waals surface area contributed by atoms with Gasteiger partial charge in [0.05, 0.1) is 5.69 Å². The molecule has 0 unspecified atom stereocenters. The Bertz CT molecular complexity index is 710. The molecule has 2 nitrogen and oxygen atoms in total. The molecular weight excluding hydrogens is 359 g/mol. The number of fused-ring (bicyclic) bond motifs is 1. The van der Waals surface area contributed by atoms with Crippen LogP contribution >= 0.6 is 15.9 Å². The predicted molar refractivity (Wildman–Crippen MR) is 83.3 cm³/mol. The lowest BCUT2D eigenvalue weighted by molar-refractivity contribution is -0.274. The number of nitrogens with zero attached hydrogens (tertiary/aromatic N) is 1. The summed E-state index contributed by atoms with van der Waals surface area (Å²) in [4.78, 5) is 2.02. The van der Waals surface area contributed by atoms with Crippen LogP contribution in [0.2, 0.25) is 0 Å². The molecule has 2 aromatic rings. The molecule has 1 aliphatic rings. The van der Waals surface area contributed by atoms with Crippen molar-refractivity contribution in [1.82, 2.24) is 0 Å². The van der Waals surface area contributed by atoms with Crippen molar-refractivity contribution in [3.05, 3.63) is 58.6 Å².